The van der Waals surface area contributed by atoms with Gasteiger partial charge in [-0.25, -0.2) is 0 Å². The van der Waals surface area contributed by atoms with Crippen molar-refractivity contribution in [3.8, 4) is 0 Å². The molecule has 0 saturated carbocycles. The predicted octanol–water partition coefficient (Wildman–Crippen LogP) is 13.4. The van der Waals surface area contributed by atoms with E-state index in [4.69, 9.17) is 9.47 Å². The van der Waals surface area contributed by atoms with Gasteiger partial charge in [0.25, 0.3) is 0 Å². The first kappa shape index (κ1) is 42.9. The van der Waals surface area contributed by atoms with E-state index < -0.39 is 0 Å². The smallest absolute Gasteiger partial charge is 0.310 e. The van der Waals surface area contributed by atoms with E-state index in [2.05, 4.69) is 60.7 Å². The van der Waals surface area contributed by atoms with E-state index in [9.17, 15) is 9.59 Å². The summed E-state index contributed by atoms with van der Waals surface area (Å²) in [5, 5.41) is 0. The number of hydrogen-bond donors (Lipinski definition) is 0. The van der Waals surface area contributed by atoms with Gasteiger partial charge in [-0.15, -0.1) is 0 Å². The summed E-state index contributed by atoms with van der Waals surface area (Å²) in [6.45, 7) is 4.53. The van der Waals surface area contributed by atoms with Gasteiger partial charge in [0.15, 0.2) is 5.76 Å². The minimum atomic E-state index is -0.252. The number of unbranched alkanes of at least 4 members (excludes halogenated alkanes) is 22. The summed E-state index contributed by atoms with van der Waals surface area (Å²) < 4.78 is 11.2. The lowest BCUT2D eigenvalue weighted by Crippen LogP contribution is -2.07. The summed E-state index contributed by atoms with van der Waals surface area (Å²) >= 11 is 2.13. The van der Waals surface area contributed by atoms with Gasteiger partial charge in [-0.2, -0.15) is 0 Å². The standard InChI is InChI=1S/C39H69IO4/c1-3-5-7-9-11-13-15-17-19-21-23-25-27-29-31-33-38(41)43-36-37(35-40)44-39(42)34-32-30-28-26-24-22-20-18-16-14-12-10-8-6-4-2/h17-20,36H,3-16,21-35H2,1-2H3/b19-17-,20-18-,37-36+. The number of hydrogen-bond acceptors (Lipinski definition) is 4. The van der Waals surface area contributed by atoms with Crippen molar-refractivity contribution < 1.29 is 19.1 Å². The van der Waals surface area contributed by atoms with Crippen LogP contribution in [0.15, 0.2) is 36.3 Å². The molecule has 0 atom stereocenters. The highest BCUT2D eigenvalue weighted by molar-refractivity contribution is 14.1. The molecule has 0 aliphatic heterocycles. The average Bonchev–Trinajstić information content (AvgIpc) is 3.02. The van der Waals surface area contributed by atoms with Crippen LogP contribution in [0.3, 0.4) is 0 Å². The Hall–Kier alpha value is -1.11. The molecule has 0 aromatic heterocycles. The Balaban J connectivity index is 3.66. The molecule has 0 bridgehead atoms. The van der Waals surface area contributed by atoms with Crippen LogP contribution in [0, 0.1) is 0 Å². The van der Waals surface area contributed by atoms with E-state index in [1.54, 1.807) is 0 Å². The summed E-state index contributed by atoms with van der Waals surface area (Å²) in [6.07, 6.45) is 43.6. The second-order valence-corrected chi connectivity index (χ2v) is 13.1. The predicted molar refractivity (Wildman–Crippen MR) is 198 cm³/mol. The average molecular weight is 729 g/mol. The second kappa shape index (κ2) is 36.4. The van der Waals surface area contributed by atoms with Crippen LogP contribution < -0.4 is 0 Å². The van der Waals surface area contributed by atoms with Gasteiger partial charge in [-0.3, -0.25) is 9.59 Å². The number of carbonyl (C=O) groups excluding carboxylic acids is 2. The number of allylic oxidation sites excluding steroid dienone is 5. The Morgan fingerprint density at radius 3 is 1.20 bits per heavy atom. The SMILES string of the molecule is CCCCCCCC/C=C\CCCCCCCC(=O)O/C=C(\CI)OC(=O)CCCCCCC/C=C\CCCCCCCC. The fourth-order valence-corrected chi connectivity index (χ4v) is 5.49. The maximum absolute atomic E-state index is 12.2. The molecule has 0 spiro atoms. The van der Waals surface area contributed by atoms with Gasteiger partial charge in [-0.1, -0.05) is 163 Å². The molecule has 5 heteroatoms. The molecule has 0 heterocycles. The number of alkyl halides is 1. The van der Waals surface area contributed by atoms with Crippen LogP contribution in [0.4, 0.5) is 0 Å². The van der Waals surface area contributed by atoms with Crippen molar-refractivity contribution in [1.82, 2.24) is 0 Å². The van der Waals surface area contributed by atoms with Gasteiger partial charge in [0.05, 0.1) is 4.43 Å². The lowest BCUT2D eigenvalue weighted by Gasteiger charge is -2.07. The molecule has 4 nitrogen and oxygen atoms in total. The van der Waals surface area contributed by atoms with Crippen LogP contribution in [-0.2, 0) is 19.1 Å². The van der Waals surface area contributed by atoms with Crippen molar-refractivity contribution >= 4 is 34.5 Å². The fourth-order valence-electron chi connectivity index (χ4n) is 5.15. The summed E-state index contributed by atoms with van der Waals surface area (Å²) in [5.41, 5.74) is 0. The van der Waals surface area contributed by atoms with Crippen molar-refractivity contribution in [2.24, 2.45) is 0 Å². The molecule has 0 aromatic carbocycles. The van der Waals surface area contributed by atoms with Crippen LogP contribution >= 0.6 is 22.6 Å². The molecule has 0 aliphatic rings. The highest BCUT2D eigenvalue weighted by Gasteiger charge is 2.09. The van der Waals surface area contributed by atoms with Gasteiger partial charge < -0.3 is 9.47 Å². The first-order chi connectivity index (χ1) is 21.6. The van der Waals surface area contributed by atoms with Crippen LogP contribution in [0.5, 0.6) is 0 Å². The normalized spacial score (nSPS) is 12.0. The lowest BCUT2D eigenvalue weighted by atomic mass is 10.1. The number of carbonyl (C=O) groups is 2. The molecule has 44 heavy (non-hydrogen) atoms. The van der Waals surface area contributed by atoms with Crippen LogP contribution in [0.1, 0.15) is 194 Å². The Labute approximate surface area is 286 Å². The fraction of sp³-hybridized carbons (Fsp3) is 0.795. The first-order valence-corrected chi connectivity index (χ1v) is 20.1. The molecule has 0 rings (SSSR count). The van der Waals surface area contributed by atoms with Crippen LogP contribution in [-0.4, -0.2) is 16.4 Å². The monoisotopic (exact) mass is 728 g/mol. The number of ether oxygens (including phenoxy) is 2. The molecule has 0 aromatic rings. The molecule has 0 aliphatic carbocycles. The van der Waals surface area contributed by atoms with Crippen molar-refractivity contribution in [3.05, 3.63) is 36.3 Å². The largest absolute Gasteiger partial charge is 0.431 e. The summed E-state index contributed by atoms with van der Waals surface area (Å²) in [7, 11) is 0. The third-order valence-corrected chi connectivity index (χ3v) is 8.74. The van der Waals surface area contributed by atoms with E-state index in [-0.39, 0.29) is 11.9 Å². The number of rotatable bonds is 33. The zero-order chi connectivity index (χ0) is 32.2. The molecule has 256 valence electrons. The highest BCUT2D eigenvalue weighted by Crippen LogP contribution is 2.13. The summed E-state index contributed by atoms with van der Waals surface area (Å²) in [4.78, 5) is 24.3. The maximum atomic E-state index is 12.2. The Kier molecular flexibility index (Phi) is 35.4. The van der Waals surface area contributed by atoms with Crippen molar-refractivity contribution in [3.63, 3.8) is 0 Å². The van der Waals surface area contributed by atoms with E-state index in [0.717, 1.165) is 51.4 Å². The molecule has 0 amide bonds. The molecule has 0 saturated heterocycles. The third-order valence-electron chi connectivity index (χ3n) is 7.98. The molecule has 0 N–H and O–H groups in total. The van der Waals surface area contributed by atoms with E-state index in [0.29, 0.717) is 23.0 Å². The minimum absolute atomic E-state index is 0.237. The van der Waals surface area contributed by atoms with Gasteiger partial charge in [0, 0.05) is 12.8 Å². The van der Waals surface area contributed by atoms with Gasteiger partial charge in [-0.05, 0) is 64.2 Å². The van der Waals surface area contributed by atoms with Gasteiger partial charge >= 0.3 is 11.9 Å². The van der Waals surface area contributed by atoms with Crippen molar-refractivity contribution in [1.29, 1.82) is 0 Å². The molecule has 0 fully saturated rings. The Bertz CT molecular complexity index is 728. The summed E-state index contributed by atoms with van der Waals surface area (Å²) in [5.74, 6) is -0.0710. The lowest BCUT2D eigenvalue weighted by molar-refractivity contribution is -0.142. The van der Waals surface area contributed by atoms with Gasteiger partial charge in [0.2, 0.25) is 0 Å². The van der Waals surface area contributed by atoms with Gasteiger partial charge in [0.1, 0.15) is 6.26 Å². The third kappa shape index (κ3) is 33.8. The minimum Gasteiger partial charge on any atom is -0.431 e. The maximum Gasteiger partial charge on any atom is 0.310 e. The first-order valence-electron chi connectivity index (χ1n) is 18.6. The topological polar surface area (TPSA) is 52.6 Å². The van der Waals surface area contributed by atoms with Crippen molar-refractivity contribution in [2.75, 3.05) is 4.43 Å². The number of halogens is 1. The van der Waals surface area contributed by atoms with Crippen molar-refractivity contribution in [2.45, 2.75) is 194 Å². The molecular formula is C39H69IO4. The Morgan fingerprint density at radius 2 is 0.818 bits per heavy atom. The van der Waals surface area contributed by atoms with E-state index in [1.165, 1.54) is 122 Å². The van der Waals surface area contributed by atoms with Crippen LogP contribution in [0.25, 0.3) is 0 Å². The molecule has 0 radical (unpaired) electrons. The quantitative estimate of drug-likeness (QED) is 0.0169. The zero-order valence-corrected chi connectivity index (χ0v) is 31.1. The highest BCUT2D eigenvalue weighted by atomic mass is 127. The summed E-state index contributed by atoms with van der Waals surface area (Å²) in [6, 6.07) is 0. The zero-order valence-electron chi connectivity index (χ0n) is 28.9. The Morgan fingerprint density at radius 1 is 0.477 bits per heavy atom. The van der Waals surface area contributed by atoms with E-state index in [1.807, 2.05) is 0 Å². The molecular weight excluding hydrogens is 659 g/mol. The van der Waals surface area contributed by atoms with E-state index >= 15 is 0 Å². The number of esters is 2. The molecule has 0 unspecified atom stereocenters. The second-order valence-electron chi connectivity index (χ2n) is 12.4. The van der Waals surface area contributed by atoms with Crippen LogP contribution in [0.2, 0.25) is 0 Å².